The standard InChI is InChI=1S/C18H31N3O2/c1-3-9-19-18(23)15(2)20-10-6-11-21(13-12-20)17(22)14-16-7-4-5-8-16/h3,15-16H,1,4-14H2,2H3,(H,19,23)/t15-/m1/s1. The maximum atomic E-state index is 12.5. The number of carbonyl (C=O) groups excluding carboxylic acids is 2. The molecule has 2 aliphatic rings. The van der Waals surface area contributed by atoms with E-state index in [0.29, 0.717) is 18.4 Å². The summed E-state index contributed by atoms with van der Waals surface area (Å²) in [5.74, 6) is 0.948. The highest BCUT2D eigenvalue weighted by molar-refractivity contribution is 5.81. The molecule has 0 aromatic rings. The molecule has 5 heteroatoms. The number of nitrogens with one attached hydrogen (secondary N) is 1. The summed E-state index contributed by atoms with van der Waals surface area (Å²) >= 11 is 0. The van der Waals surface area contributed by atoms with Gasteiger partial charge in [-0.25, -0.2) is 0 Å². The molecule has 0 aromatic heterocycles. The van der Waals surface area contributed by atoms with Gasteiger partial charge in [-0.15, -0.1) is 6.58 Å². The van der Waals surface area contributed by atoms with Gasteiger partial charge in [0.25, 0.3) is 0 Å². The molecule has 1 saturated heterocycles. The van der Waals surface area contributed by atoms with E-state index in [-0.39, 0.29) is 11.9 Å². The lowest BCUT2D eigenvalue weighted by Gasteiger charge is -2.27. The van der Waals surface area contributed by atoms with Gasteiger partial charge < -0.3 is 10.2 Å². The first-order valence-electron chi connectivity index (χ1n) is 9.02. The van der Waals surface area contributed by atoms with Crippen molar-refractivity contribution in [1.29, 1.82) is 0 Å². The van der Waals surface area contributed by atoms with E-state index in [4.69, 9.17) is 0 Å². The fraction of sp³-hybridized carbons (Fsp3) is 0.778. The highest BCUT2D eigenvalue weighted by Gasteiger charge is 2.27. The fourth-order valence-corrected chi connectivity index (χ4v) is 3.65. The summed E-state index contributed by atoms with van der Waals surface area (Å²) in [6, 6.07) is -0.153. The van der Waals surface area contributed by atoms with Crippen molar-refractivity contribution in [2.24, 2.45) is 5.92 Å². The van der Waals surface area contributed by atoms with E-state index in [0.717, 1.165) is 39.0 Å². The Morgan fingerprint density at radius 1 is 1.17 bits per heavy atom. The van der Waals surface area contributed by atoms with Crippen molar-refractivity contribution < 1.29 is 9.59 Å². The lowest BCUT2D eigenvalue weighted by atomic mass is 10.0. The lowest BCUT2D eigenvalue weighted by molar-refractivity contribution is -0.132. The molecule has 1 aliphatic heterocycles. The molecule has 1 atom stereocenters. The van der Waals surface area contributed by atoms with Gasteiger partial charge in [-0.1, -0.05) is 18.9 Å². The van der Waals surface area contributed by atoms with Gasteiger partial charge in [-0.3, -0.25) is 14.5 Å². The Labute approximate surface area is 140 Å². The average Bonchev–Trinajstić information content (AvgIpc) is 2.93. The zero-order chi connectivity index (χ0) is 16.7. The molecule has 2 rings (SSSR count). The van der Waals surface area contributed by atoms with Crippen molar-refractivity contribution in [1.82, 2.24) is 15.1 Å². The largest absolute Gasteiger partial charge is 0.351 e. The quantitative estimate of drug-likeness (QED) is 0.759. The molecule has 0 spiro atoms. The Kier molecular flexibility index (Phi) is 7.09. The van der Waals surface area contributed by atoms with Crippen LogP contribution in [0.15, 0.2) is 12.7 Å². The first kappa shape index (κ1) is 18.0. The van der Waals surface area contributed by atoms with Crippen LogP contribution in [-0.4, -0.2) is 60.4 Å². The third kappa shape index (κ3) is 5.34. The summed E-state index contributed by atoms with van der Waals surface area (Å²) in [4.78, 5) is 28.7. The summed E-state index contributed by atoms with van der Waals surface area (Å²) < 4.78 is 0. The molecule has 0 bridgehead atoms. The van der Waals surface area contributed by atoms with Crippen LogP contribution in [0.1, 0.15) is 45.4 Å². The summed E-state index contributed by atoms with van der Waals surface area (Å²) in [5.41, 5.74) is 0. The summed E-state index contributed by atoms with van der Waals surface area (Å²) in [6.45, 7) is 9.27. The third-order valence-corrected chi connectivity index (χ3v) is 5.17. The lowest BCUT2D eigenvalue weighted by Crippen LogP contribution is -2.46. The summed E-state index contributed by atoms with van der Waals surface area (Å²) in [7, 11) is 0. The fourth-order valence-electron chi connectivity index (χ4n) is 3.65. The van der Waals surface area contributed by atoms with E-state index < -0.39 is 0 Å². The van der Waals surface area contributed by atoms with E-state index in [1.165, 1.54) is 25.7 Å². The van der Waals surface area contributed by atoms with Crippen LogP contribution >= 0.6 is 0 Å². The molecule has 23 heavy (non-hydrogen) atoms. The number of hydrogen-bond donors (Lipinski definition) is 1. The van der Waals surface area contributed by atoms with Crippen molar-refractivity contribution >= 4 is 11.8 Å². The topological polar surface area (TPSA) is 52.7 Å². The summed E-state index contributed by atoms with van der Waals surface area (Å²) in [5, 5.41) is 2.85. The smallest absolute Gasteiger partial charge is 0.237 e. The second-order valence-corrected chi connectivity index (χ2v) is 6.83. The number of nitrogens with zero attached hydrogens (tertiary/aromatic N) is 2. The highest BCUT2D eigenvalue weighted by atomic mass is 16.2. The maximum absolute atomic E-state index is 12.5. The normalized spacial score (nSPS) is 21.7. The first-order valence-corrected chi connectivity index (χ1v) is 9.02. The minimum atomic E-state index is -0.153. The zero-order valence-corrected chi connectivity index (χ0v) is 14.4. The van der Waals surface area contributed by atoms with Crippen LogP contribution in [0.2, 0.25) is 0 Å². The van der Waals surface area contributed by atoms with E-state index in [2.05, 4.69) is 16.8 Å². The first-order chi connectivity index (χ1) is 11.1. The summed E-state index contributed by atoms with van der Waals surface area (Å²) in [6.07, 6.45) is 8.34. The van der Waals surface area contributed by atoms with Crippen LogP contribution in [0.25, 0.3) is 0 Å². The predicted octanol–water partition coefficient (Wildman–Crippen LogP) is 1.79. The predicted molar refractivity (Wildman–Crippen MR) is 92.0 cm³/mol. The minimum Gasteiger partial charge on any atom is -0.351 e. The molecule has 0 aromatic carbocycles. The SMILES string of the molecule is C=CCNC(=O)[C@@H](C)N1CCCN(C(=O)CC2CCCC2)CC1. The number of carbonyl (C=O) groups is 2. The van der Waals surface area contributed by atoms with Gasteiger partial charge in [0.1, 0.15) is 0 Å². The molecule has 2 amide bonds. The molecular formula is C18H31N3O2. The van der Waals surface area contributed by atoms with Gasteiger partial charge in [0.2, 0.25) is 11.8 Å². The second-order valence-electron chi connectivity index (χ2n) is 6.83. The van der Waals surface area contributed by atoms with Crippen LogP contribution in [0.4, 0.5) is 0 Å². The van der Waals surface area contributed by atoms with Crippen LogP contribution in [0, 0.1) is 5.92 Å². The molecule has 130 valence electrons. The third-order valence-electron chi connectivity index (χ3n) is 5.17. The van der Waals surface area contributed by atoms with Crippen LogP contribution < -0.4 is 5.32 Å². The van der Waals surface area contributed by atoms with Crippen molar-refractivity contribution in [3.05, 3.63) is 12.7 Å². The number of hydrogen-bond acceptors (Lipinski definition) is 3. The molecule has 2 fully saturated rings. The monoisotopic (exact) mass is 321 g/mol. The average molecular weight is 321 g/mol. The molecular weight excluding hydrogens is 290 g/mol. The Balaban J connectivity index is 1.80. The molecule has 0 radical (unpaired) electrons. The molecule has 1 N–H and O–H groups in total. The van der Waals surface area contributed by atoms with Crippen LogP contribution in [0.3, 0.4) is 0 Å². The Hall–Kier alpha value is -1.36. The van der Waals surface area contributed by atoms with Gasteiger partial charge in [0, 0.05) is 39.1 Å². The highest BCUT2D eigenvalue weighted by Crippen LogP contribution is 2.28. The van der Waals surface area contributed by atoms with Gasteiger partial charge in [-0.2, -0.15) is 0 Å². The molecule has 1 saturated carbocycles. The minimum absolute atomic E-state index is 0.0376. The van der Waals surface area contributed by atoms with Gasteiger partial charge in [0.05, 0.1) is 6.04 Å². The van der Waals surface area contributed by atoms with Crippen LogP contribution in [0.5, 0.6) is 0 Å². The Morgan fingerprint density at radius 2 is 1.91 bits per heavy atom. The zero-order valence-electron chi connectivity index (χ0n) is 14.4. The van der Waals surface area contributed by atoms with Crippen molar-refractivity contribution in [3.63, 3.8) is 0 Å². The molecule has 1 heterocycles. The molecule has 0 unspecified atom stereocenters. The second kappa shape index (κ2) is 9.06. The number of rotatable bonds is 6. The van der Waals surface area contributed by atoms with E-state index in [1.54, 1.807) is 6.08 Å². The van der Waals surface area contributed by atoms with Crippen molar-refractivity contribution in [3.8, 4) is 0 Å². The maximum Gasteiger partial charge on any atom is 0.237 e. The van der Waals surface area contributed by atoms with E-state index in [9.17, 15) is 9.59 Å². The van der Waals surface area contributed by atoms with E-state index in [1.807, 2.05) is 11.8 Å². The van der Waals surface area contributed by atoms with E-state index >= 15 is 0 Å². The van der Waals surface area contributed by atoms with Crippen molar-refractivity contribution in [2.75, 3.05) is 32.7 Å². The Bertz CT molecular complexity index is 418. The number of amides is 2. The Morgan fingerprint density at radius 3 is 2.61 bits per heavy atom. The molecule has 1 aliphatic carbocycles. The van der Waals surface area contributed by atoms with Gasteiger partial charge in [0.15, 0.2) is 0 Å². The van der Waals surface area contributed by atoms with Crippen LogP contribution in [-0.2, 0) is 9.59 Å². The van der Waals surface area contributed by atoms with Gasteiger partial charge >= 0.3 is 0 Å². The van der Waals surface area contributed by atoms with Gasteiger partial charge in [-0.05, 0) is 32.1 Å². The molecule has 5 nitrogen and oxygen atoms in total. The van der Waals surface area contributed by atoms with Crippen molar-refractivity contribution in [2.45, 2.75) is 51.5 Å².